The summed E-state index contributed by atoms with van der Waals surface area (Å²) < 4.78 is 36.1. The van der Waals surface area contributed by atoms with Gasteiger partial charge in [-0.3, -0.25) is 4.79 Å². The molecule has 98 valence electrons. The van der Waals surface area contributed by atoms with Gasteiger partial charge in [0.1, 0.15) is 0 Å². The van der Waals surface area contributed by atoms with Gasteiger partial charge in [-0.05, 0) is 12.8 Å². The average molecular weight is 251 g/mol. The van der Waals surface area contributed by atoms with Gasteiger partial charge in [0.05, 0.1) is 5.92 Å². The second kappa shape index (κ2) is 6.64. The standard InChI is InChI=1S/C11H16F3NO2/c12-8(10(13)14)5-6-15-9-4-2-1-3-7(9)11(16)17/h7,9,15H,1-6H2,(H,16,17). The summed E-state index contributed by atoms with van der Waals surface area (Å²) >= 11 is 0. The summed E-state index contributed by atoms with van der Waals surface area (Å²) in [6, 6.07) is -0.239. The number of halogens is 3. The van der Waals surface area contributed by atoms with Crippen LogP contribution in [0.15, 0.2) is 11.9 Å². The predicted molar refractivity (Wildman–Crippen MR) is 56.4 cm³/mol. The van der Waals surface area contributed by atoms with E-state index in [1.807, 2.05) is 0 Å². The maximum Gasteiger partial charge on any atom is 0.308 e. The summed E-state index contributed by atoms with van der Waals surface area (Å²) in [6.45, 7) is 0.0393. The Balaban J connectivity index is 2.39. The molecule has 2 atom stereocenters. The molecule has 0 saturated heterocycles. The zero-order valence-electron chi connectivity index (χ0n) is 9.39. The second-order valence-electron chi connectivity index (χ2n) is 4.21. The van der Waals surface area contributed by atoms with Crippen molar-refractivity contribution in [2.45, 2.75) is 38.1 Å². The van der Waals surface area contributed by atoms with Gasteiger partial charge in [-0.25, -0.2) is 4.39 Å². The summed E-state index contributed by atoms with van der Waals surface area (Å²) in [4.78, 5) is 10.9. The molecular weight excluding hydrogens is 235 g/mol. The van der Waals surface area contributed by atoms with Gasteiger partial charge in [-0.1, -0.05) is 12.8 Å². The molecule has 0 radical (unpaired) electrons. The average Bonchev–Trinajstić information content (AvgIpc) is 2.29. The van der Waals surface area contributed by atoms with Crippen molar-refractivity contribution >= 4 is 5.97 Å². The highest BCUT2D eigenvalue weighted by atomic mass is 19.3. The van der Waals surface area contributed by atoms with Gasteiger partial charge in [-0.2, -0.15) is 8.78 Å². The van der Waals surface area contributed by atoms with Crippen LogP contribution < -0.4 is 5.32 Å². The molecule has 0 aromatic rings. The molecule has 0 aromatic carbocycles. The minimum absolute atomic E-state index is 0.0393. The zero-order valence-corrected chi connectivity index (χ0v) is 9.39. The van der Waals surface area contributed by atoms with Gasteiger partial charge in [0.25, 0.3) is 0 Å². The molecule has 17 heavy (non-hydrogen) atoms. The van der Waals surface area contributed by atoms with E-state index < -0.39 is 30.2 Å². The van der Waals surface area contributed by atoms with E-state index in [4.69, 9.17) is 5.11 Å². The van der Waals surface area contributed by atoms with E-state index >= 15 is 0 Å². The molecule has 0 amide bonds. The van der Waals surface area contributed by atoms with Crippen LogP contribution in [0.4, 0.5) is 13.2 Å². The van der Waals surface area contributed by atoms with Crippen molar-refractivity contribution in [3.8, 4) is 0 Å². The van der Waals surface area contributed by atoms with E-state index in [0.717, 1.165) is 12.8 Å². The highest BCUT2D eigenvalue weighted by molar-refractivity contribution is 5.71. The molecular formula is C11H16F3NO2. The van der Waals surface area contributed by atoms with E-state index in [-0.39, 0.29) is 12.6 Å². The molecule has 0 aliphatic heterocycles. The molecule has 0 spiro atoms. The van der Waals surface area contributed by atoms with Gasteiger partial charge in [-0.15, -0.1) is 0 Å². The van der Waals surface area contributed by atoms with Crippen LogP contribution in [0.5, 0.6) is 0 Å². The van der Waals surface area contributed by atoms with Crippen molar-refractivity contribution in [3.63, 3.8) is 0 Å². The largest absolute Gasteiger partial charge is 0.481 e. The van der Waals surface area contributed by atoms with Crippen molar-refractivity contribution in [1.82, 2.24) is 5.32 Å². The number of hydrogen-bond donors (Lipinski definition) is 2. The molecule has 0 bridgehead atoms. The summed E-state index contributed by atoms with van der Waals surface area (Å²) in [5.41, 5.74) is 0. The van der Waals surface area contributed by atoms with Gasteiger partial charge in [0.2, 0.25) is 0 Å². The van der Waals surface area contributed by atoms with Crippen LogP contribution in [0.3, 0.4) is 0 Å². The number of carboxylic acid groups (broad SMARTS) is 1. The zero-order chi connectivity index (χ0) is 12.8. The molecule has 6 heteroatoms. The highest BCUT2D eigenvalue weighted by Gasteiger charge is 2.30. The maximum atomic E-state index is 12.5. The van der Waals surface area contributed by atoms with E-state index in [0.29, 0.717) is 12.8 Å². The van der Waals surface area contributed by atoms with Crippen molar-refractivity contribution in [3.05, 3.63) is 11.9 Å². The Labute approximate surface area is 97.7 Å². The van der Waals surface area contributed by atoms with Gasteiger partial charge < -0.3 is 10.4 Å². The van der Waals surface area contributed by atoms with Crippen LogP contribution in [0.1, 0.15) is 32.1 Å². The Bertz CT molecular complexity index is 303. The van der Waals surface area contributed by atoms with E-state index in [1.165, 1.54) is 0 Å². The van der Waals surface area contributed by atoms with Crippen molar-refractivity contribution in [1.29, 1.82) is 0 Å². The fourth-order valence-corrected chi connectivity index (χ4v) is 2.13. The number of carboxylic acids is 1. The molecule has 1 aliphatic carbocycles. The lowest BCUT2D eigenvalue weighted by Crippen LogP contribution is -2.42. The fourth-order valence-electron chi connectivity index (χ4n) is 2.13. The molecule has 0 aromatic heterocycles. The first-order chi connectivity index (χ1) is 8.02. The number of carbonyl (C=O) groups is 1. The molecule has 3 nitrogen and oxygen atoms in total. The van der Waals surface area contributed by atoms with Crippen LogP contribution in [0, 0.1) is 5.92 Å². The first-order valence-electron chi connectivity index (χ1n) is 5.68. The van der Waals surface area contributed by atoms with Gasteiger partial charge in [0, 0.05) is 19.0 Å². The Hall–Kier alpha value is -1.04. The number of aliphatic carboxylic acids is 1. The highest BCUT2D eigenvalue weighted by Crippen LogP contribution is 2.24. The molecule has 2 unspecified atom stereocenters. The lowest BCUT2D eigenvalue weighted by atomic mass is 9.84. The van der Waals surface area contributed by atoms with Crippen LogP contribution in [-0.4, -0.2) is 23.7 Å². The van der Waals surface area contributed by atoms with Crippen molar-refractivity contribution < 1.29 is 23.1 Å². The maximum absolute atomic E-state index is 12.5. The van der Waals surface area contributed by atoms with Crippen molar-refractivity contribution in [2.75, 3.05) is 6.54 Å². The van der Waals surface area contributed by atoms with E-state index in [9.17, 15) is 18.0 Å². The minimum atomic E-state index is -2.30. The molecule has 1 rings (SSSR count). The lowest BCUT2D eigenvalue weighted by Gasteiger charge is -2.29. The molecule has 1 saturated carbocycles. The monoisotopic (exact) mass is 251 g/mol. The van der Waals surface area contributed by atoms with Gasteiger partial charge in [0.15, 0.2) is 5.83 Å². The van der Waals surface area contributed by atoms with E-state index in [1.54, 1.807) is 0 Å². The normalized spacial score (nSPS) is 24.4. The molecule has 2 N–H and O–H groups in total. The smallest absolute Gasteiger partial charge is 0.308 e. The SMILES string of the molecule is O=C(O)C1CCCCC1NCCC(F)=C(F)F. The number of rotatable bonds is 5. The third-order valence-electron chi connectivity index (χ3n) is 3.04. The Morgan fingerprint density at radius 3 is 2.47 bits per heavy atom. The molecule has 0 heterocycles. The van der Waals surface area contributed by atoms with Crippen LogP contribution in [0.2, 0.25) is 0 Å². The molecule has 1 fully saturated rings. The third-order valence-corrected chi connectivity index (χ3v) is 3.04. The Morgan fingerprint density at radius 1 is 1.24 bits per heavy atom. The first-order valence-corrected chi connectivity index (χ1v) is 5.68. The second-order valence-corrected chi connectivity index (χ2v) is 4.21. The number of nitrogens with one attached hydrogen (secondary N) is 1. The molecule has 1 aliphatic rings. The quantitative estimate of drug-likeness (QED) is 0.789. The Kier molecular flexibility index (Phi) is 5.47. The number of hydrogen-bond acceptors (Lipinski definition) is 2. The lowest BCUT2D eigenvalue weighted by molar-refractivity contribution is -0.143. The van der Waals surface area contributed by atoms with Crippen molar-refractivity contribution in [2.24, 2.45) is 5.92 Å². The fraction of sp³-hybridized carbons (Fsp3) is 0.727. The third kappa shape index (κ3) is 4.38. The van der Waals surface area contributed by atoms with Crippen LogP contribution in [-0.2, 0) is 4.79 Å². The predicted octanol–water partition coefficient (Wildman–Crippen LogP) is 2.69. The summed E-state index contributed by atoms with van der Waals surface area (Å²) in [7, 11) is 0. The minimum Gasteiger partial charge on any atom is -0.481 e. The van der Waals surface area contributed by atoms with Crippen LogP contribution >= 0.6 is 0 Å². The topological polar surface area (TPSA) is 49.3 Å². The summed E-state index contributed by atoms with van der Waals surface area (Å²) in [5.74, 6) is -2.80. The summed E-state index contributed by atoms with van der Waals surface area (Å²) in [5, 5.41) is 11.8. The van der Waals surface area contributed by atoms with Gasteiger partial charge >= 0.3 is 12.0 Å². The van der Waals surface area contributed by atoms with E-state index in [2.05, 4.69) is 5.32 Å². The summed E-state index contributed by atoms with van der Waals surface area (Å²) in [6.07, 6.45) is 0.360. The first kappa shape index (κ1) is 14.0. The Morgan fingerprint density at radius 2 is 1.88 bits per heavy atom. The van der Waals surface area contributed by atoms with Crippen LogP contribution in [0.25, 0.3) is 0 Å².